The highest BCUT2D eigenvalue weighted by Gasteiger charge is 2.47. The van der Waals surface area contributed by atoms with E-state index >= 15 is 0 Å². The van der Waals surface area contributed by atoms with E-state index in [4.69, 9.17) is 10.3 Å². The van der Waals surface area contributed by atoms with Gasteiger partial charge in [-0.25, -0.2) is 0 Å². The van der Waals surface area contributed by atoms with Gasteiger partial charge >= 0.3 is 6.36 Å². The standard InChI is InChI=1S/C26H26F3N5O4/c1-14-32-25(38-33-14)21-10-20(21)24(36)31-11-16-5-6-18(15-3-2-4-17(9-15)37-26(27,28)29)19-7-8-34(12-22(16)19)13-23(30)35/h2-6,9,20-21H,7-8,10-13H2,1H3,(H2,30,35)(H,31,36)/t20-,21-/m0/s1. The van der Waals surface area contributed by atoms with Gasteiger partial charge in [0.05, 0.1) is 18.4 Å². The van der Waals surface area contributed by atoms with E-state index in [9.17, 15) is 22.8 Å². The number of primary amides is 1. The van der Waals surface area contributed by atoms with Crippen LogP contribution in [0.25, 0.3) is 11.1 Å². The van der Waals surface area contributed by atoms with Gasteiger partial charge in [0.1, 0.15) is 5.75 Å². The lowest BCUT2D eigenvalue weighted by molar-refractivity contribution is -0.274. The molecule has 1 aliphatic carbocycles. The summed E-state index contributed by atoms with van der Waals surface area (Å²) in [7, 11) is 0. The molecule has 0 bridgehead atoms. The van der Waals surface area contributed by atoms with Crippen molar-refractivity contribution < 1.29 is 32.0 Å². The lowest BCUT2D eigenvalue weighted by atomic mass is 9.87. The predicted octanol–water partition coefficient (Wildman–Crippen LogP) is 3.21. The highest BCUT2D eigenvalue weighted by atomic mass is 19.4. The number of aryl methyl sites for hydroxylation is 1. The summed E-state index contributed by atoms with van der Waals surface area (Å²) in [5.41, 5.74) is 9.49. The van der Waals surface area contributed by atoms with Crippen molar-refractivity contribution in [3.63, 3.8) is 0 Å². The molecule has 9 nitrogen and oxygen atoms in total. The summed E-state index contributed by atoms with van der Waals surface area (Å²) in [6.07, 6.45) is -3.60. The number of ether oxygens (including phenoxy) is 1. The Morgan fingerprint density at radius 1 is 1.24 bits per heavy atom. The summed E-state index contributed by atoms with van der Waals surface area (Å²) >= 11 is 0. The third-order valence-electron chi connectivity index (χ3n) is 6.79. The first kappa shape index (κ1) is 25.7. The number of hydrogen-bond acceptors (Lipinski definition) is 7. The monoisotopic (exact) mass is 529 g/mol. The molecule has 1 saturated carbocycles. The summed E-state index contributed by atoms with van der Waals surface area (Å²) in [6, 6.07) is 9.54. The van der Waals surface area contributed by atoms with Crippen molar-refractivity contribution in [2.45, 2.75) is 45.1 Å². The summed E-state index contributed by atoms with van der Waals surface area (Å²) in [5.74, 6) is -0.228. The van der Waals surface area contributed by atoms with Crippen LogP contribution in [-0.4, -0.2) is 46.3 Å². The molecule has 0 unspecified atom stereocenters. The van der Waals surface area contributed by atoms with Gasteiger partial charge in [-0.1, -0.05) is 29.4 Å². The molecular formula is C26H26F3N5O4. The third kappa shape index (κ3) is 5.80. The topological polar surface area (TPSA) is 124 Å². The second-order valence-corrected chi connectivity index (χ2v) is 9.58. The number of nitrogens with zero attached hydrogens (tertiary/aromatic N) is 3. The highest BCUT2D eigenvalue weighted by Crippen LogP contribution is 2.47. The van der Waals surface area contributed by atoms with Gasteiger partial charge in [-0.3, -0.25) is 14.5 Å². The number of hydrogen-bond donors (Lipinski definition) is 2. The average molecular weight is 530 g/mol. The second-order valence-electron chi connectivity index (χ2n) is 9.58. The van der Waals surface area contributed by atoms with Crippen molar-refractivity contribution in [2.75, 3.05) is 13.1 Å². The molecule has 1 aromatic heterocycles. The van der Waals surface area contributed by atoms with Gasteiger partial charge in [-0.15, -0.1) is 13.2 Å². The zero-order chi connectivity index (χ0) is 27.0. The van der Waals surface area contributed by atoms with Crippen molar-refractivity contribution in [1.29, 1.82) is 0 Å². The molecule has 200 valence electrons. The lowest BCUT2D eigenvalue weighted by Gasteiger charge is -2.31. The predicted molar refractivity (Wildman–Crippen MR) is 128 cm³/mol. The van der Waals surface area contributed by atoms with Gasteiger partial charge in [-0.2, -0.15) is 4.98 Å². The molecule has 3 aromatic rings. The quantitative estimate of drug-likeness (QED) is 0.459. The number of carbonyl (C=O) groups excluding carboxylic acids is 2. The molecule has 0 saturated heterocycles. The number of rotatable bonds is 8. The van der Waals surface area contributed by atoms with Crippen LogP contribution in [0.2, 0.25) is 0 Å². The maximum atomic E-state index is 12.8. The molecular weight excluding hydrogens is 503 g/mol. The van der Waals surface area contributed by atoms with Crippen LogP contribution >= 0.6 is 0 Å². The fourth-order valence-corrected chi connectivity index (χ4v) is 4.98. The molecule has 0 radical (unpaired) electrons. The smallest absolute Gasteiger partial charge is 0.406 e. The Morgan fingerprint density at radius 3 is 2.76 bits per heavy atom. The molecule has 12 heteroatoms. The molecule has 2 amide bonds. The van der Waals surface area contributed by atoms with Gasteiger partial charge in [-0.05, 0) is 59.7 Å². The molecule has 38 heavy (non-hydrogen) atoms. The molecule has 2 atom stereocenters. The fourth-order valence-electron chi connectivity index (χ4n) is 4.98. The molecule has 3 N–H and O–H groups in total. The van der Waals surface area contributed by atoms with Crippen LogP contribution in [0.15, 0.2) is 40.9 Å². The van der Waals surface area contributed by atoms with Gasteiger partial charge in [0.15, 0.2) is 5.82 Å². The van der Waals surface area contributed by atoms with Crippen molar-refractivity contribution in [2.24, 2.45) is 11.7 Å². The number of halogens is 3. The van der Waals surface area contributed by atoms with E-state index < -0.39 is 12.3 Å². The minimum Gasteiger partial charge on any atom is -0.406 e. The number of carbonyl (C=O) groups is 2. The summed E-state index contributed by atoms with van der Waals surface area (Å²) in [5, 5.41) is 6.76. The number of aromatic nitrogens is 2. The Balaban J connectivity index is 1.38. The number of alkyl halides is 3. The maximum absolute atomic E-state index is 12.8. The minimum absolute atomic E-state index is 0.0811. The van der Waals surface area contributed by atoms with Crippen molar-refractivity contribution in [1.82, 2.24) is 20.4 Å². The van der Waals surface area contributed by atoms with Gasteiger partial charge in [0.25, 0.3) is 0 Å². The zero-order valence-electron chi connectivity index (χ0n) is 20.5. The first-order valence-electron chi connectivity index (χ1n) is 12.2. The van der Waals surface area contributed by atoms with Gasteiger partial charge in [0.2, 0.25) is 17.7 Å². The largest absolute Gasteiger partial charge is 0.573 e. The zero-order valence-corrected chi connectivity index (χ0v) is 20.5. The Hall–Kier alpha value is -3.93. The molecule has 2 aliphatic rings. The van der Waals surface area contributed by atoms with Crippen LogP contribution in [0.3, 0.4) is 0 Å². The summed E-state index contributed by atoms with van der Waals surface area (Å²) in [4.78, 5) is 30.5. The third-order valence-corrected chi connectivity index (χ3v) is 6.79. The van der Waals surface area contributed by atoms with Crippen molar-refractivity contribution >= 4 is 11.8 Å². The van der Waals surface area contributed by atoms with Crippen LogP contribution in [0.4, 0.5) is 13.2 Å². The first-order valence-corrected chi connectivity index (χ1v) is 12.2. The van der Waals surface area contributed by atoms with Crippen LogP contribution < -0.4 is 15.8 Å². The van der Waals surface area contributed by atoms with E-state index in [1.807, 2.05) is 17.0 Å². The van der Waals surface area contributed by atoms with E-state index in [1.165, 1.54) is 18.2 Å². The molecule has 5 rings (SSSR count). The molecule has 1 fully saturated rings. The van der Waals surface area contributed by atoms with Crippen molar-refractivity contribution in [3.05, 3.63) is 64.8 Å². The molecule has 2 aromatic carbocycles. The Labute approximate surface area is 216 Å². The summed E-state index contributed by atoms with van der Waals surface area (Å²) < 4.78 is 47.6. The van der Waals surface area contributed by atoms with E-state index in [2.05, 4.69) is 20.2 Å². The minimum atomic E-state index is -4.79. The maximum Gasteiger partial charge on any atom is 0.573 e. The Morgan fingerprint density at radius 2 is 2.05 bits per heavy atom. The fraction of sp³-hybridized carbons (Fsp3) is 0.385. The van der Waals surface area contributed by atoms with E-state index in [-0.39, 0.29) is 36.6 Å². The van der Waals surface area contributed by atoms with Crippen LogP contribution in [0.1, 0.15) is 40.7 Å². The lowest BCUT2D eigenvalue weighted by Crippen LogP contribution is -2.38. The number of fused-ring (bicyclic) bond motifs is 1. The van der Waals surface area contributed by atoms with E-state index in [0.29, 0.717) is 43.2 Å². The van der Waals surface area contributed by atoms with E-state index in [1.54, 1.807) is 13.0 Å². The number of benzene rings is 2. The Bertz CT molecular complexity index is 1370. The molecule has 1 aliphatic heterocycles. The first-order chi connectivity index (χ1) is 18.1. The number of nitrogens with two attached hydrogens (primary N) is 1. The molecule has 2 heterocycles. The SMILES string of the molecule is Cc1noc([C@H]2C[C@@H]2C(=O)NCc2ccc(-c3cccc(OC(F)(F)F)c3)c3c2CN(CC(N)=O)CC3)n1. The van der Waals surface area contributed by atoms with Gasteiger partial charge in [0, 0.05) is 19.6 Å². The van der Waals surface area contributed by atoms with Crippen LogP contribution in [0.5, 0.6) is 5.75 Å². The van der Waals surface area contributed by atoms with Gasteiger partial charge < -0.3 is 20.3 Å². The van der Waals surface area contributed by atoms with E-state index in [0.717, 1.165) is 22.3 Å². The molecule has 0 spiro atoms. The second kappa shape index (κ2) is 10.1. The average Bonchev–Trinajstić information content (AvgIpc) is 3.54. The number of amides is 2. The highest BCUT2D eigenvalue weighted by molar-refractivity contribution is 5.82. The Kier molecular flexibility index (Phi) is 6.82. The summed E-state index contributed by atoms with van der Waals surface area (Å²) in [6.45, 7) is 3.04. The number of nitrogens with one attached hydrogen (secondary N) is 1. The van der Waals surface area contributed by atoms with Crippen molar-refractivity contribution in [3.8, 4) is 16.9 Å². The normalized spacial score (nSPS) is 19.1. The van der Waals surface area contributed by atoms with Crippen LogP contribution in [-0.2, 0) is 29.1 Å². The van der Waals surface area contributed by atoms with Crippen LogP contribution in [0, 0.1) is 12.8 Å².